The van der Waals surface area contributed by atoms with E-state index in [1.807, 2.05) is 11.3 Å². The molecule has 0 aromatic carbocycles. The molecule has 0 amide bonds. The van der Waals surface area contributed by atoms with E-state index in [1.54, 1.807) is 4.88 Å². The van der Waals surface area contributed by atoms with Crippen molar-refractivity contribution in [2.75, 3.05) is 33.2 Å². The predicted molar refractivity (Wildman–Crippen MR) is 76.6 cm³/mol. The molecule has 2 aliphatic heterocycles. The number of nitrogens with one attached hydrogen (secondary N) is 1. The molecule has 3 nitrogen and oxygen atoms in total. The molecule has 0 bridgehead atoms. The van der Waals surface area contributed by atoms with Gasteiger partial charge in [0.25, 0.3) is 0 Å². The number of hydrogen-bond acceptors (Lipinski definition) is 4. The molecule has 1 aromatic rings. The minimum absolute atomic E-state index is 0.676. The highest BCUT2D eigenvalue weighted by molar-refractivity contribution is 7.12. The third-order valence-corrected chi connectivity index (χ3v) is 5.74. The molecule has 2 saturated heterocycles. The van der Waals surface area contributed by atoms with Crippen molar-refractivity contribution in [3.63, 3.8) is 0 Å². The summed E-state index contributed by atoms with van der Waals surface area (Å²) in [7, 11) is 2.23. The molecule has 2 aliphatic rings. The van der Waals surface area contributed by atoms with Crippen LogP contribution in [0, 0.1) is 6.92 Å². The maximum absolute atomic E-state index is 4.88. The standard InChI is InChI=1S/C14H23N3S/c1-10-13(11-5-6-15-8-11)18-14(16-10)12-4-3-7-17(2)9-12/h11-12,15H,3-9H2,1-2H3. The smallest absolute Gasteiger partial charge is 0.0974 e. The second kappa shape index (κ2) is 5.27. The Bertz CT molecular complexity index is 409. The van der Waals surface area contributed by atoms with E-state index < -0.39 is 0 Å². The molecule has 2 fully saturated rings. The Balaban J connectivity index is 1.78. The van der Waals surface area contributed by atoms with Crippen LogP contribution in [0.25, 0.3) is 0 Å². The van der Waals surface area contributed by atoms with Gasteiger partial charge in [0.15, 0.2) is 0 Å². The van der Waals surface area contributed by atoms with E-state index in [1.165, 1.54) is 49.6 Å². The number of rotatable bonds is 2. The van der Waals surface area contributed by atoms with E-state index in [0.717, 1.165) is 12.5 Å². The van der Waals surface area contributed by atoms with Crippen molar-refractivity contribution in [2.24, 2.45) is 0 Å². The summed E-state index contributed by atoms with van der Waals surface area (Å²) >= 11 is 1.99. The third kappa shape index (κ3) is 2.46. The molecule has 18 heavy (non-hydrogen) atoms. The van der Waals surface area contributed by atoms with E-state index in [0.29, 0.717) is 5.92 Å². The minimum atomic E-state index is 0.676. The normalized spacial score (nSPS) is 29.9. The van der Waals surface area contributed by atoms with Crippen molar-refractivity contribution >= 4 is 11.3 Å². The van der Waals surface area contributed by atoms with Gasteiger partial charge >= 0.3 is 0 Å². The zero-order valence-electron chi connectivity index (χ0n) is 11.4. The number of likely N-dealkylation sites (N-methyl/N-ethyl adjacent to an activating group) is 1. The summed E-state index contributed by atoms with van der Waals surface area (Å²) in [4.78, 5) is 8.87. The average Bonchev–Trinajstić information content (AvgIpc) is 2.97. The van der Waals surface area contributed by atoms with Crippen molar-refractivity contribution < 1.29 is 0 Å². The van der Waals surface area contributed by atoms with E-state index in [2.05, 4.69) is 24.2 Å². The summed E-state index contributed by atoms with van der Waals surface area (Å²) in [5.41, 5.74) is 1.29. The number of thiazole rings is 1. The van der Waals surface area contributed by atoms with E-state index in [-0.39, 0.29) is 0 Å². The SMILES string of the molecule is Cc1nc(C2CCCN(C)C2)sc1C1CCNC1. The van der Waals surface area contributed by atoms with E-state index >= 15 is 0 Å². The summed E-state index contributed by atoms with van der Waals surface area (Å²) in [6, 6.07) is 0. The second-order valence-corrected chi connectivity index (χ2v) is 6.86. The van der Waals surface area contributed by atoms with Crippen LogP contribution in [0.3, 0.4) is 0 Å². The van der Waals surface area contributed by atoms with Crippen molar-refractivity contribution in [2.45, 2.75) is 38.0 Å². The Hall–Kier alpha value is -0.450. The fourth-order valence-corrected chi connectivity index (χ4v) is 4.56. The monoisotopic (exact) mass is 265 g/mol. The highest BCUT2D eigenvalue weighted by Gasteiger charge is 2.26. The topological polar surface area (TPSA) is 28.2 Å². The molecule has 2 atom stereocenters. The van der Waals surface area contributed by atoms with Gasteiger partial charge in [0.2, 0.25) is 0 Å². The molecule has 3 rings (SSSR count). The third-order valence-electron chi connectivity index (χ3n) is 4.25. The Morgan fingerprint density at radius 1 is 1.33 bits per heavy atom. The molecule has 3 heterocycles. The number of hydrogen-bond donors (Lipinski definition) is 1. The van der Waals surface area contributed by atoms with Crippen LogP contribution >= 0.6 is 11.3 Å². The molecular formula is C14H23N3S. The first kappa shape index (κ1) is 12.6. The second-order valence-electron chi connectivity index (χ2n) is 5.79. The van der Waals surface area contributed by atoms with Crippen molar-refractivity contribution in [1.29, 1.82) is 0 Å². The van der Waals surface area contributed by atoms with Gasteiger partial charge in [-0.15, -0.1) is 11.3 Å². The molecule has 1 aromatic heterocycles. The van der Waals surface area contributed by atoms with Crippen molar-refractivity contribution in [1.82, 2.24) is 15.2 Å². The summed E-state index contributed by atoms with van der Waals surface area (Å²) in [6.07, 6.45) is 3.92. The number of likely N-dealkylation sites (tertiary alicyclic amines) is 1. The highest BCUT2D eigenvalue weighted by Crippen LogP contribution is 2.36. The van der Waals surface area contributed by atoms with E-state index in [4.69, 9.17) is 4.98 Å². The maximum Gasteiger partial charge on any atom is 0.0974 e. The molecule has 0 aliphatic carbocycles. The molecular weight excluding hydrogens is 242 g/mol. The van der Waals surface area contributed by atoms with Gasteiger partial charge in [0, 0.05) is 29.8 Å². The fraction of sp³-hybridized carbons (Fsp3) is 0.786. The van der Waals surface area contributed by atoms with Crippen LogP contribution in [0.1, 0.15) is 46.7 Å². The van der Waals surface area contributed by atoms with Gasteiger partial charge in [0.05, 0.1) is 10.7 Å². The Morgan fingerprint density at radius 2 is 2.22 bits per heavy atom. The summed E-state index contributed by atoms with van der Waals surface area (Å²) < 4.78 is 0. The fourth-order valence-electron chi connectivity index (χ4n) is 3.23. The van der Waals surface area contributed by atoms with Crippen LogP contribution in [-0.2, 0) is 0 Å². The van der Waals surface area contributed by atoms with Crippen LogP contribution in [0.5, 0.6) is 0 Å². The first-order valence-corrected chi connectivity index (χ1v) is 7.92. The van der Waals surface area contributed by atoms with Crippen LogP contribution < -0.4 is 5.32 Å². The molecule has 1 N–H and O–H groups in total. The number of nitrogens with zero attached hydrogens (tertiary/aromatic N) is 2. The number of aromatic nitrogens is 1. The Morgan fingerprint density at radius 3 is 2.94 bits per heavy atom. The molecule has 4 heteroatoms. The average molecular weight is 265 g/mol. The molecule has 0 radical (unpaired) electrons. The van der Waals surface area contributed by atoms with Crippen molar-refractivity contribution in [3.8, 4) is 0 Å². The molecule has 0 saturated carbocycles. The van der Waals surface area contributed by atoms with Gasteiger partial charge < -0.3 is 10.2 Å². The Labute approximate surface area is 114 Å². The summed E-state index contributed by atoms with van der Waals surface area (Å²) in [5, 5.41) is 4.85. The van der Waals surface area contributed by atoms with Gasteiger partial charge in [0.1, 0.15) is 0 Å². The lowest BCUT2D eigenvalue weighted by atomic mass is 9.99. The van der Waals surface area contributed by atoms with Gasteiger partial charge in [-0.1, -0.05) is 0 Å². The lowest BCUT2D eigenvalue weighted by Crippen LogP contribution is -2.30. The number of aryl methyl sites for hydroxylation is 1. The number of piperidine rings is 1. The van der Waals surface area contributed by atoms with E-state index in [9.17, 15) is 0 Å². The molecule has 0 spiro atoms. The van der Waals surface area contributed by atoms with Crippen LogP contribution in [0.4, 0.5) is 0 Å². The highest BCUT2D eigenvalue weighted by atomic mass is 32.1. The minimum Gasteiger partial charge on any atom is -0.316 e. The first-order valence-electron chi connectivity index (χ1n) is 7.10. The van der Waals surface area contributed by atoms with Crippen LogP contribution in [0.15, 0.2) is 0 Å². The lowest BCUT2D eigenvalue weighted by molar-refractivity contribution is 0.250. The quantitative estimate of drug-likeness (QED) is 0.889. The summed E-state index contributed by atoms with van der Waals surface area (Å²) in [6.45, 7) is 6.95. The maximum atomic E-state index is 4.88. The Kier molecular flexibility index (Phi) is 3.68. The zero-order chi connectivity index (χ0) is 12.5. The first-order chi connectivity index (χ1) is 8.74. The van der Waals surface area contributed by atoms with Crippen LogP contribution in [-0.4, -0.2) is 43.1 Å². The van der Waals surface area contributed by atoms with Crippen LogP contribution in [0.2, 0.25) is 0 Å². The zero-order valence-corrected chi connectivity index (χ0v) is 12.2. The largest absolute Gasteiger partial charge is 0.316 e. The molecule has 2 unspecified atom stereocenters. The van der Waals surface area contributed by atoms with Gasteiger partial charge in [-0.05, 0) is 46.3 Å². The van der Waals surface area contributed by atoms with Gasteiger partial charge in [-0.2, -0.15) is 0 Å². The predicted octanol–water partition coefficient (Wildman–Crippen LogP) is 2.34. The molecule has 100 valence electrons. The van der Waals surface area contributed by atoms with Gasteiger partial charge in [-0.25, -0.2) is 4.98 Å². The van der Waals surface area contributed by atoms with Gasteiger partial charge in [-0.3, -0.25) is 0 Å². The van der Waals surface area contributed by atoms with Crippen molar-refractivity contribution in [3.05, 3.63) is 15.6 Å². The lowest BCUT2D eigenvalue weighted by Gasteiger charge is -2.28. The summed E-state index contributed by atoms with van der Waals surface area (Å²) in [5.74, 6) is 1.40.